The van der Waals surface area contributed by atoms with Crippen molar-refractivity contribution in [2.45, 2.75) is 18.9 Å². The summed E-state index contributed by atoms with van der Waals surface area (Å²) >= 11 is 0. The zero-order valence-electron chi connectivity index (χ0n) is 15.6. The lowest BCUT2D eigenvalue weighted by Crippen LogP contribution is -2.28. The van der Waals surface area contributed by atoms with Crippen molar-refractivity contribution in [1.29, 1.82) is 5.26 Å². The number of aromatic hydroxyl groups is 1. The van der Waals surface area contributed by atoms with Crippen molar-refractivity contribution in [2.24, 2.45) is 11.0 Å². The lowest BCUT2D eigenvalue weighted by molar-refractivity contribution is 0.472. The van der Waals surface area contributed by atoms with E-state index in [1.54, 1.807) is 18.2 Å². The Morgan fingerprint density at radius 3 is 2.52 bits per heavy atom. The van der Waals surface area contributed by atoms with Crippen LogP contribution >= 0.6 is 0 Å². The number of nitrogens with zero attached hydrogens (tertiary/aromatic N) is 3. The maximum atomic E-state index is 13.5. The standard InChI is InChI=1S/C24H18FN3O/c25-18-6-3-16(4-7-18)24-22-11-5-17-13-20(29)10-12-21(17)23(22)27-28(24)19-8-1-15(14-26)2-9-19/h1-4,6-10,12-13,22,24,29H,5,11H2. The van der Waals surface area contributed by atoms with Gasteiger partial charge in [0.25, 0.3) is 0 Å². The van der Waals surface area contributed by atoms with Gasteiger partial charge in [-0.2, -0.15) is 10.4 Å². The Hall–Kier alpha value is -3.65. The highest BCUT2D eigenvalue weighted by atomic mass is 19.1. The normalized spacial score (nSPS) is 19.9. The minimum atomic E-state index is -0.262. The number of nitriles is 1. The van der Waals surface area contributed by atoms with Crippen LogP contribution in [0.1, 0.15) is 34.7 Å². The van der Waals surface area contributed by atoms with Crippen LogP contribution in [0.3, 0.4) is 0 Å². The molecule has 0 saturated carbocycles. The third-order valence-electron chi connectivity index (χ3n) is 5.77. The number of aryl methyl sites for hydroxylation is 1. The Bertz CT molecular complexity index is 1150. The minimum Gasteiger partial charge on any atom is -0.508 e. The molecular weight excluding hydrogens is 365 g/mol. The number of fused-ring (bicyclic) bond motifs is 3. The molecule has 0 aromatic heterocycles. The number of benzene rings is 3. The van der Waals surface area contributed by atoms with Crippen LogP contribution < -0.4 is 5.01 Å². The first-order chi connectivity index (χ1) is 14.1. The summed E-state index contributed by atoms with van der Waals surface area (Å²) in [6.07, 6.45) is 1.75. The first kappa shape index (κ1) is 17.4. The molecule has 3 aromatic carbocycles. The Morgan fingerprint density at radius 2 is 1.79 bits per heavy atom. The van der Waals surface area contributed by atoms with Gasteiger partial charge in [-0.25, -0.2) is 4.39 Å². The van der Waals surface area contributed by atoms with Crippen molar-refractivity contribution in [2.75, 3.05) is 5.01 Å². The van der Waals surface area contributed by atoms with Gasteiger partial charge in [0.2, 0.25) is 0 Å². The molecule has 1 aliphatic heterocycles. The monoisotopic (exact) mass is 383 g/mol. The van der Waals surface area contributed by atoms with Gasteiger partial charge in [-0.1, -0.05) is 12.1 Å². The third kappa shape index (κ3) is 2.94. The van der Waals surface area contributed by atoms with Gasteiger partial charge >= 0.3 is 0 Å². The molecule has 2 atom stereocenters. The van der Waals surface area contributed by atoms with E-state index in [0.29, 0.717) is 5.56 Å². The molecule has 0 saturated heterocycles. The van der Waals surface area contributed by atoms with Crippen LogP contribution in [0.15, 0.2) is 71.8 Å². The van der Waals surface area contributed by atoms with Crippen LogP contribution in [0, 0.1) is 23.1 Å². The van der Waals surface area contributed by atoms with Crippen LogP contribution in [0.4, 0.5) is 10.1 Å². The second kappa shape index (κ2) is 6.75. The summed E-state index contributed by atoms with van der Waals surface area (Å²) in [5, 5.41) is 25.9. The lowest BCUT2D eigenvalue weighted by atomic mass is 9.77. The Labute approximate surface area is 168 Å². The summed E-state index contributed by atoms with van der Waals surface area (Å²) in [7, 11) is 0. The molecule has 0 fully saturated rings. The predicted molar refractivity (Wildman–Crippen MR) is 109 cm³/mol. The van der Waals surface area contributed by atoms with Gasteiger partial charge in [0.1, 0.15) is 11.6 Å². The Morgan fingerprint density at radius 1 is 1.03 bits per heavy atom. The maximum Gasteiger partial charge on any atom is 0.123 e. The van der Waals surface area contributed by atoms with Gasteiger partial charge in [-0.3, -0.25) is 5.01 Å². The number of halogens is 1. The fraction of sp³-hybridized carbons (Fsp3) is 0.167. The van der Waals surface area contributed by atoms with Crippen molar-refractivity contribution in [3.63, 3.8) is 0 Å². The van der Waals surface area contributed by atoms with Gasteiger partial charge in [-0.05, 0) is 78.6 Å². The number of anilines is 1. The molecule has 5 rings (SSSR count). The van der Waals surface area contributed by atoms with E-state index in [-0.39, 0.29) is 23.5 Å². The average Bonchev–Trinajstić information content (AvgIpc) is 3.14. The SMILES string of the molecule is N#Cc1ccc(N2N=C3c4ccc(O)cc4CCC3C2c2ccc(F)cc2)cc1. The highest BCUT2D eigenvalue weighted by Crippen LogP contribution is 2.45. The molecular formula is C24H18FN3O. The lowest BCUT2D eigenvalue weighted by Gasteiger charge is -2.30. The summed E-state index contributed by atoms with van der Waals surface area (Å²) < 4.78 is 13.5. The van der Waals surface area contributed by atoms with Crippen molar-refractivity contribution in [3.05, 3.63) is 94.8 Å². The van der Waals surface area contributed by atoms with Crippen LogP contribution in [0.25, 0.3) is 0 Å². The van der Waals surface area contributed by atoms with E-state index in [1.807, 2.05) is 41.4 Å². The molecule has 1 N–H and O–H groups in total. The summed E-state index contributed by atoms with van der Waals surface area (Å²) in [6, 6.07) is 21.5. The Kier molecular flexibility index (Phi) is 4.06. The van der Waals surface area contributed by atoms with Crippen LogP contribution in [-0.2, 0) is 6.42 Å². The first-order valence-corrected chi connectivity index (χ1v) is 9.59. The van der Waals surface area contributed by atoms with Crippen LogP contribution in [-0.4, -0.2) is 10.8 Å². The van der Waals surface area contributed by atoms with Gasteiger partial charge in [-0.15, -0.1) is 0 Å². The molecule has 0 bridgehead atoms. The number of rotatable bonds is 2. The number of phenolic OH excluding ortho intramolecular Hbond substituents is 1. The predicted octanol–water partition coefficient (Wildman–Crippen LogP) is 4.93. The molecule has 1 heterocycles. The van der Waals surface area contributed by atoms with Crippen LogP contribution in [0.2, 0.25) is 0 Å². The van der Waals surface area contributed by atoms with E-state index in [2.05, 4.69) is 6.07 Å². The molecule has 4 nitrogen and oxygen atoms in total. The molecule has 29 heavy (non-hydrogen) atoms. The molecule has 0 spiro atoms. The largest absolute Gasteiger partial charge is 0.508 e. The fourth-order valence-corrected chi connectivity index (χ4v) is 4.41. The van der Waals surface area contributed by atoms with E-state index in [0.717, 1.165) is 40.9 Å². The molecule has 2 aliphatic rings. The quantitative estimate of drug-likeness (QED) is 0.682. The van der Waals surface area contributed by atoms with Crippen molar-refractivity contribution < 1.29 is 9.50 Å². The topological polar surface area (TPSA) is 59.6 Å². The molecule has 0 amide bonds. The van der Waals surface area contributed by atoms with Gasteiger partial charge in [0.05, 0.1) is 29.1 Å². The van der Waals surface area contributed by atoms with Gasteiger partial charge in [0.15, 0.2) is 0 Å². The number of phenols is 1. The van der Waals surface area contributed by atoms with E-state index < -0.39 is 0 Å². The summed E-state index contributed by atoms with van der Waals surface area (Å²) in [6.45, 7) is 0. The van der Waals surface area contributed by atoms with Gasteiger partial charge in [0, 0.05) is 11.5 Å². The molecule has 0 radical (unpaired) electrons. The zero-order chi connectivity index (χ0) is 20.0. The van der Waals surface area contributed by atoms with Crippen molar-refractivity contribution in [3.8, 4) is 11.8 Å². The highest BCUT2D eigenvalue weighted by Gasteiger charge is 2.42. The highest BCUT2D eigenvalue weighted by molar-refractivity contribution is 6.07. The molecule has 1 aliphatic carbocycles. The van der Waals surface area contributed by atoms with Crippen molar-refractivity contribution in [1.82, 2.24) is 0 Å². The number of hydrazone groups is 1. The summed E-state index contributed by atoms with van der Waals surface area (Å²) in [5.74, 6) is 0.162. The summed E-state index contributed by atoms with van der Waals surface area (Å²) in [4.78, 5) is 0. The van der Waals surface area contributed by atoms with Crippen LogP contribution in [0.5, 0.6) is 5.75 Å². The summed E-state index contributed by atoms with van der Waals surface area (Å²) in [5.41, 5.74) is 5.63. The number of hydrogen-bond donors (Lipinski definition) is 1. The van der Waals surface area contributed by atoms with Crippen molar-refractivity contribution >= 4 is 11.4 Å². The second-order valence-electron chi connectivity index (χ2n) is 7.47. The fourth-order valence-electron chi connectivity index (χ4n) is 4.41. The molecule has 3 aromatic rings. The first-order valence-electron chi connectivity index (χ1n) is 9.59. The molecule has 142 valence electrons. The third-order valence-corrected chi connectivity index (χ3v) is 5.77. The number of hydrogen-bond acceptors (Lipinski definition) is 4. The zero-order valence-corrected chi connectivity index (χ0v) is 15.6. The van der Waals surface area contributed by atoms with E-state index in [9.17, 15) is 9.50 Å². The second-order valence-corrected chi connectivity index (χ2v) is 7.47. The maximum absolute atomic E-state index is 13.5. The van der Waals surface area contributed by atoms with E-state index in [1.165, 1.54) is 12.1 Å². The average molecular weight is 383 g/mol. The Balaban J connectivity index is 1.63. The van der Waals surface area contributed by atoms with Gasteiger partial charge < -0.3 is 5.11 Å². The minimum absolute atomic E-state index is 0.0551. The molecule has 2 unspecified atom stereocenters. The van der Waals surface area contributed by atoms with E-state index in [4.69, 9.17) is 10.4 Å². The smallest absolute Gasteiger partial charge is 0.123 e. The molecule has 5 heteroatoms. The van der Waals surface area contributed by atoms with E-state index >= 15 is 0 Å².